The Labute approximate surface area is 98.4 Å². The maximum atomic E-state index is 11.3. The Morgan fingerprint density at radius 1 is 1.60 bits per heavy atom. The highest BCUT2D eigenvalue weighted by molar-refractivity contribution is 9.10. The summed E-state index contributed by atoms with van der Waals surface area (Å²) in [4.78, 5) is 11.2. The molecule has 3 nitrogen and oxygen atoms in total. The monoisotopic (exact) mass is 273 g/mol. The van der Waals surface area contributed by atoms with Crippen molar-refractivity contribution in [1.82, 2.24) is 5.32 Å². The van der Waals surface area contributed by atoms with Gasteiger partial charge in [0.05, 0.1) is 11.1 Å². The second-order valence-corrected chi connectivity index (χ2v) is 5.02. The molecule has 1 N–H and O–H groups in total. The van der Waals surface area contributed by atoms with E-state index in [1.807, 2.05) is 26.0 Å². The summed E-state index contributed by atoms with van der Waals surface area (Å²) < 4.78 is 5.21. The van der Waals surface area contributed by atoms with Crippen molar-refractivity contribution < 1.29 is 9.21 Å². The van der Waals surface area contributed by atoms with E-state index in [4.69, 9.17) is 4.42 Å². The average Bonchev–Trinajstić information content (AvgIpc) is 2.66. The fourth-order valence-electron chi connectivity index (χ4n) is 1.24. The number of halogens is 1. The van der Waals surface area contributed by atoms with Crippen LogP contribution >= 0.6 is 15.9 Å². The number of hydrogen-bond donors (Lipinski definition) is 1. The molecule has 0 aliphatic heterocycles. The van der Waals surface area contributed by atoms with E-state index < -0.39 is 0 Å². The molecule has 0 saturated carbocycles. The summed E-state index contributed by atoms with van der Waals surface area (Å²) in [6.45, 7) is 3.81. The molecule has 15 heavy (non-hydrogen) atoms. The summed E-state index contributed by atoms with van der Waals surface area (Å²) in [6.07, 6.45) is 3.41. The number of nitrogens with one attached hydrogen (secondary N) is 1. The Morgan fingerprint density at radius 3 is 2.87 bits per heavy atom. The van der Waals surface area contributed by atoms with Crippen molar-refractivity contribution in [2.24, 2.45) is 0 Å². The van der Waals surface area contributed by atoms with E-state index >= 15 is 0 Å². The van der Waals surface area contributed by atoms with Gasteiger partial charge in [0.15, 0.2) is 0 Å². The zero-order valence-corrected chi connectivity index (χ0v) is 10.6. The van der Waals surface area contributed by atoms with Gasteiger partial charge in [-0.2, -0.15) is 0 Å². The predicted molar refractivity (Wildman–Crippen MR) is 63.0 cm³/mol. The molecule has 0 spiro atoms. The van der Waals surface area contributed by atoms with Crippen LogP contribution in [0, 0.1) is 0 Å². The van der Waals surface area contributed by atoms with E-state index in [1.165, 1.54) is 0 Å². The standard InChI is InChI=1S/C11H16BrNO2/c1-8(13-11(14)9(2)12)5-6-10-4-3-7-15-10/h3-4,7-9H,5-6H2,1-2H3,(H,13,14). The Bertz CT molecular complexity index is 296. The lowest BCUT2D eigenvalue weighted by atomic mass is 10.1. The van der Waals surface area contributed by atoms with Crippen LogP contribution in [0.3, 0.4) is 0 Å². The average molecular weight is 274 g/mol. The summed E-state index contributed by atoms with van der Waals surface area (Å²) >= 11 is 3.23. The highest BCUT2D eigenvalue weighted by Gasteiger charge is 2.12. The fraction of sp³-hybridized carbons (Fsp3) is 0.545. The molecular formula is C11H16BrNO2. The van der Waals surface area contributed by atoms with E-state index in [2.05, 4.69) is 21.2 Å². The molecule has 0 radical (unpaired) electrons. The van der Waals surface area contributed by atoms with Crippen LogP contribution in [-0.2, 0) is 11.2 Å². The van der Waals surface area contributed by atoms with Crippen LogP contribution in [-0.4, -0.2) is 16.8 Å². The number of carbonyl (C=O) groups is 1. The normalized spacial score (nSPS) is 14.6. The number of aryl methyl sites for hydroxylation is 1. The quantitative estimate of drug-likeness (QED) is 0.838. The molecule has 84 valence electrons. The van der Waals surface area contributed by atoms with Crippen LogP contribution in [0.15, 0.2) is 22.8 Å². The van der Waals surface area contributed by atoms with Gasteiger partial charge in [0.25, 0.3) is 0 Å². The van der Waals surface area contributed by atoms with Gasteiger partial charge in [-0.1, -0.05) is 15.9 Å². The Morgan fingerprint density at radius 2 is 2.33 bits per heavy atom. The SMILES string of the molecule is CC(CCc1ccco1)NC(=O)C(C)Br. The lowest BCUT2D eigenvalue weighted by Crippen LogP contribution is -2.36. The van der Waals surface area contributed by atoms with Gasteiger partial charge in [-0.05, 0) is 32.4 Å². The number of rotatable bonds is 5. The zero-order chi connectivity index (χ0) is 11.3. The largest absolute Gasteiger partial charge is 0.469 e. The lowest BCUT2D eigenvalue weighted by Gasteiger charge is -2.14. The van der Waals surface area contributed by atoms with E-state index in [-0.39, 0.29) is 16.8 Å². The van der Waals surface area contributed by atoms with Gasteiger partial charge in [0, 0.05) is 12.5 Å². The van der Waals surface area contributed by atoms with Crippen LogP contribution in [0.5, 0.6) is 0 Å². The summed E-state index contributed by atoms with van der Waals surface area (Å²) in [5.74, 6) is 0.991. The molecule has 2 atom stereocenters. The summed E-state index contributed by atoms with van der Waals surface area (Å²) in [7, 11) is 0. The van der Waals surface area contributed by atoms with Crippen LogP contribution in [0.4, 0.5) is 0 Å². The van der Waals surface area contributed by atoms with Crippen LogP contribution < -0.4 is 5.32 Å². The van der Waals surface area contributed by atoms with Crippen LogP contribution in [0.2, 0.25) is 0 Å². The first-order chi connectivity index (χ1) is 7.09. The first kappa shape index (κ1) is 12.3. The smallest absolute Gasteiger partial charge is 0.233 e. The van der Waals surface area contributed by atoms with Gasteiger partial charge >= 0.3 is 0 Å². The number of hydrogen-bond acceptors (Lipinski definition) is 2. The second kappa shape index (κ2) is 5.95. The molecule has 1 heterocycles. The number of amides is 1. The van der Waals surface area contributed by atoms with Gasteiger partial charge in [-0.25, -0.2) is 0 Å². The molecule has 0 bridgehead atoms. The highest BCUT2D eigenvalue weighted by Crippen LogP contribution is 2.06. The number of furan rings is 1. The molecule has 1 aromatic heterocycles. The minimum atomic E-state index is -0.136. The summed E-state index contributed by atoms with van der Waals surface area (Å²) in [5, 5.41) is 2.91. The maximum absolute atomic E-state index is 11.3. The summed E-state index contributed by atoms with van der Waals surface area (Å²) in [5.41, 5.74) is 0. The van der Waals surface area contributed by atoms with Gasteiger partial charge < -0.3 is 9.73 Å². The molecule has 1 aromatic rings. The molecule has 0 saturated heterocycles. The molecule has 1 rings (SSSR count). The lowest BCUT2D eigenvalue weighted by molar-refractivity contribution is -0.120. The molecular weight excluding hydrogens is 258 g/mol. The fourth-order valence-corrected chi connectivity index (χ4v) is 1.38. The third-order valence-electron chi connectivity index (χ3n) is 2.15. The van der Waals surface area contributed by atoms with Crippen molar-refractivity contribution >= 4 is 21.8 Å². The molecule has 1 amide bonds. The molecule has 0 aliphatic carbocycles. The minimum Gasteiger partial charge on any atom is -0.469 e. The van der Waals surface area contributed by atoms with E-state index in [1.54, 1.807) is 6.26 Å². The Hall–Kier alpha value is -0.770. The summed E-state index contributed by atoms with van der Waals surface area (Å²) in [6, 6.07) is 3.99. The van der Waals surface area contributed by atoms with Crippen molar-refractivity contribution in [2.45, 2.75) is 37.6 Å². The molecule has 4 heteroatoms. The molecule has 0 aromatic carbocycles. The van der Waals surface area contributed by atoms with Crippen molar-refractivity contribution in [1.29, 1.82) is 0 Å². The van der Waals surface area contributed by atoms with Crippen molar-refractivity contribution in [3.63, 3.8) is 0 Å². The van der Waals surface area contributed by atoms with Crippen molar-refractivity contribution in [2.75, 3.05) is 0 Å². The van der Waals surface area contributed by atoms with Crippen molar-refractivity contribution in [3.8, 4) is 0 Å². The van der Waals surface area contributed by atoms with E-state index in [0.717, 1.165) is 18.6 Å². The van der Waals surface area contributed by atoms with Crippen molar-refractivity contribution in [3.05, 3.63) is 24.2 Å². The highest BCUT2D eigenvalue weighted by atomic mass is 79.9. The number of carbonyl (C=O) groups excluding carboxylic acids is 1. The Kier molecular flexibility index (Phi) is 4.88. The molecule has 0 aliphatic rings. The third kappa shape index (κ3) is 4.51. The van der Waals surface area contributed by atoms with Gasteiger partial charge in [0.2, 0.25) is 5.91 Å². The molecule has 0 fully saturated rings. The topological polar surface area (TPSA) is 42.2 Å². The minimum absolute atomic E-state index is 0.0296. The first-order valence-electron chi connectivity index (χ1n) is 5.06. The van der Waals surface area contributed by atoms with E-state index in [0.29, 0.717) is 0 Å². The second-order valence-electron chi connectivity index (χ2n) is 3.64. The number of alkyl halides is 1. The van der Waals surface area contributed by atoms with Crippen LogP contribution in [0.25, 0.3) is 0 Å². The Balaban J connectivity index is 2.24. The zero-order valence-electron chi connectivity index (χ0n) is 9.00. The molecule has 2 unspecified atom stereocenters. The van der Waals surface area contributed by atoms with Gasteiger partial charge in [0.1, 0.15) is 5.76 Å². The van der Waals surface area contributed by atoms with Gasteiger partial charge in [-0.15, -0.1) is 0 Å². The maximum Gasteiger partial charge on any atom is 0.233 e. The third-order valence-corrected chi connectivity index (χ3v) is 2.57. The first-order valence-corrected chi connectivity index (χ1v) is 5.98. The predicted octanol–water partition coefficient (Wildman–Crippen LogP) is 2.50. The van der Waals surface area contributed by atoms with Crippen LogP contribution in [0.1, 0.15) is 26.0 Å². The van der Waals surface area contributed by atoms with Gasteiger partial charge in [-0.3, -0.25) is 4.79 Å². The van der Waals surface area contributed by atoms with E-state index in [9.17, 15) is 4.79 Å².